The van der Waals surface area contributed by atoms with Gasteiger partial charge in [0.1, 0.15) is 12.4 Å². The summed E-state index contributed by atoms with van der Waals surface area (Å²) in [4.78, 5) is 11.6. The van der Waals surface area contributed by atoms with E-state index in [0.29, 0.717) is 10.8 Å². The lowest BCUT2D eigenvalue weighted by Gasteiger charge is -2.09. The normalized spacial score (nSPS) is 10.1. The van der Waals surface area contributed by atoms with Crippen LogP contribution in [0.2, 0.25) is 5.02 Å². The molecule has 4 heteroatoms. The molecule has 2 aromatic rings. The van der Waals surface area contributed by atoms with Crippen molar-refractivity contribution in [2.24, 2.45) is 0 Å². The molecule has 0 aliphatic carbocycles. The van der Waals surface area contributed by atoms with E-state index in [4.69, 9.17) is 21.1 Å². The minimum Gasteiger partial charge on any atom is -0.482 e. The molecule has 0 saturated carbocycles. The summed E-state index contributed by atoms with van der Waals surface area (Å²) in [5.41, 5.74) is 1.83. The van der Waals surface area contributed by atoms with E-state index >= 15 is 0 Å². The minimum absolute atomic E-state index is 0.116. The fourth-order valence-corrected chi connectivity index (χ4v) is 1.92. The fraction of sp³-hybridized carbons (Fsp3) is 0.188. The monoisotopic (exact) mass is 290 g/mol. The van der Waals surface area contributed by atoms with E-state index in [1.54, 1.807) is 18.2 Å². The van der Waals surface area contributed by atoms with Crippen molar-refractivity contribution < 1.29 is 14.3 Å². The van der Waals surface area contributed by atoms with Gasteiger partial charge in [-0.15, -0.1) is 0 Å². The molecule has 0 bridgehead atoms. The molecule has 0 unspecified atom stereocenters. The van der Waals surface area contributed by atoms with Gasteiger partial charge in [-0.05, 0) is 36.2 Å². The number of aryl methyl sites for hydroxylation is 1. The van der Waals surface area contributed by atoms with Crippen LogP contribution in [0.25, 0.3) is 0 Å². The smallest absolute Gasteiger partial charge is 0.344 e. The molecule has 0 saturated heterocycles. The van der Waals surface area contributed by atoms with Gasteiger partial charge in [0.25, 0.3) is 0 Å². The molecule has 0 amide bonds. The predicted octanol–water partition coefficient (Wildman–Crippen LogP) is 3.77. The summed E-state index contributed by atoms with van der Waals surface area (Å²) >= 11 is 5.85. The first-order valence-electron chi connectivity index (χ1n) is 6.23. The van der Waals surface area contributed by atoms with E-state index in [-0.39, 0.29) is 13.2 Å². The predicted molar refractivity (Wildman–Crippen MR) is 77.9 cm³/mol. The second kappa shape index (κ2) is 6.96. The van der Waals surface area contributed by atoms with Crippen LogP contribution in [0, 0.1) is 6.92 Å². The third-order valence-corrected chi connectivity index (χ3v) is 2.96. The maximum atomic E-state index is 11.6. The number of carbonyl (C=O) groups excluding carboxylic acids is 1. The zero-order valence-corrected chi connectivity index (χ0v) is 11.9. The molecule has 0 radical (unpaired) electrons. The highest BCUT2D eigenvalue weighted by Gasteiger charge is 2.06. The van der Waals surface area contributed by atoms with Gasteiger partial charge in [-0.3, -0.25) is 0 Å². The van der Waals surface area contributed by atoms with E-state index in [1.165, 1.54) is 0 Å². The summed E-state index contributed by atoms with van der Waals surface area (Å²) in [5, 5.41) is 0.640. The third kappa shape index (κ3) is 4.28. The molecular formula is C16H15ClO3. The van der Waals surface area contributed by atoms with Crippen LogP contribution in [0.3, 0.4) is 0 Å². The van der Waals surface area contributed by atoms with Crippen LogP contribution in [0.1, 0.15) is 11.1 Å². The second-order valence-electron chi connectivity index (χ2n) is 4.34. The Balaban J connectivity index is 1.80. The van der Waals surface area contributed by atoms with Crippen LogP contribution in [0.4, 0.5) is 0 Å². The van der Waals surface area contributed by atoms with Gasteiger partial charge in [0.05, 0.1) is 0 Å². The van der Waals surface area contributed by atoms with Gasteiger partial charge < -0.3 is 9.47 Å². The van der Waals surface area contributed by atoms with Crippen LogP contribution >= 0.6 is 11.6 Å². The van der Waals surface area contributed by atoms with Crippen molar-refractivity contribution in [1.29, 1.82) is 0 Å². The van der Waals surface area contributed by atoms with Crippen molar-refractivity contribution in [1.82, 2.24) is 0 Å². The molecule has 0 atom stereocenters. The van der Waals surface area contributed by atoms with Crippen LogP contribution in [0.5, 0.6) is 5.75 Å². The van der Waals surface area contributed by atoms with Crippen molar-refractivity contribution in [3.63, 3.8) is 0 Å². The summed E-state index contributed by atoms with van der Waals surface area (Å²) in [7, 11) is 0. The first-order valence-corrected chi connectivity index (χ1v) is 6.61. The van der Waals surface area contributed by atoms with Gasteiger partial charge in [-0.1, -0.05) is 41.9 Å². The molecule has 0 aromatic heterocycles. The Bertz CT molecular complexity index is 582. The number of ether oxygens (including phenoxy) is 2. The highest BCUT2D eigenvalue weighted by atomic mass is 35.5. The number of hydrogen-bond acceptors (Lipinski definition) is 3. The topological polar surface area (TPSA) is 35.5 Å². The minimum atomic E-state index is -0.400. The Morgan fingerprint density at radius 2 is 1.90 bits per heavy atom. The molecule has 0 aliphatic rings. The molecule has 0 N–H and O–H groups in total. The first kappa shape index (κ1) is 14.4. The molecule has 2 rings (SSSR count). The van der Waals surface area contributed by atoms with Crippen molar-refractivity contribution in [3.8, 4) is 5.75 Å². The summed E-state index contributed by atoms with van der Waals surface area (Å²) in [5.74, 6) is 0.231. The second-order valence-corrected chi connectivity index (χ2v) is 4.78. The Morgan fingerprint density at radius 3 is 2.60 bits per heavy atom. The van der Waals surface area contributed by atoms with E-state index in [2.05, 4.69) is 0 Å². The standard InChI is InChI=1S/C16H15ClO3/c1-12-9-14(17)7-8-15(12)19-11-16(18)20-10-13-5-3-2-4-6-13/h2-9H,10-11H2,1H3. The zero-order valence-electron chi connectivity index (χ0n) is 11.1. The summed E-state index contributed by atoms with van der Waals surface area (Å²) < 4.78 is 10.5. The van der Waals surface area contributed by atoms with Gasteiger partial charge in [0.15, 0.2) is 6.61 Å². The molecule has 2 aromatic carbocycles. The lowest BCUT2D eigenvalue weighted by Crippen LogP contribution is -2.15. The van der Waals surface area contributed by atoms with Gasteiger partial charge in [0, 0.05) is 5.02 Å². The molecule has 3 nitrogen and oxygen atoms in total. The molecular weight excluding hydrogens is 276 g/mol. The van der Waals surface area contributed by atoms with Crippen molar-refractivity contribution >= 4 is 17.6 Å². The highest BCUT2D eigenvalue weighted by Crippen LogP contribution is 2.21. The number of hydrogen-bond donors (Lipinski definition) is 0. The molecule has 0 aliphatic heterocycles. The molecule has 104 valence electrons. The fourth-order valence-electron chi connectivity index (χ4n) is 1.69. The van der Waals surface area contributed by atoms with Crippen molar-refractivity contribution in [2.75, 3.05) is 6.61 Å². The number of rotatable bonds is 5. The van der Waals surface area contributed by atoms with E-state index in [1.807, 2.05) is 37.3 Å². The first-order chi connectivity index (χ1) is 9.65. The summed E-state index contributed by atoms with van der Waals surface area (Å²) in [6, 6.07) is 14.8. The van der Waals surface area contributed by atoms with E-state index in [0.717, 1.165) is 11.1 Å². The average molecular weight is 291 g/mol. The van der Waals surface area contributed by atoms with Crippen LogP contribution in [-0.2, 0) is 16.1 Å². The van der Waals surface area contributed by atoms with Crippen molar-refractivity contribution in [2.45, 2.75) is 13.5 Å². The largest absolute Gasteiger partial charge is 0.482 e. The van der Waals surface area contributed by atoms with E-state index in [9.17, 15) is 4.79 Å². The van der Waals surface area contributed by atoms with Gasteiger partial charge >= 0.3 is 5.97 Å². The van der Waals surface area contributed by atoms with Crippen LogP contribution in [0.15, 0.2) is 48.5 Å². The van der Waals surface area contributed by atoms with Crippen LogP contribution < -0.4 is 4.74 Å². The number of benzene rings is 2. The highest BCUT2D eigenvalue weighted by molar-refractivity contribution is 6.30. The summed E-state index contributed by atoms with van der Waals surface area (Å²) in [6.45, 7) is 2.01. The molecule has 0 spiro atoms. The molecule has 0 heterocycles. The number of carbonyl (C=O) groups is 1. The van der Waals surface area contributed by atoms with Gasteiger partial charge in [0.2, 0.25) is 0 Å². The Labute approximate surface area is 123 Å². The van der Waals surface area contributed by atoms with E-state index < -0.39 is 5.97 Å². The van der Waals surface area contributed by atoms with Gasteiger partial charge in [-0.25, -0.2) is 4.79 Å². The molecule has 20 heavy (non-hydrogen) atoms. The lowest BCUT2D eigenvalue weighted by molar-refractivity contribution is -0.147. The Hall–Kier alpha value is -2.00. The number of halogens is 1. The average Bonchev–Trinajstić information content (AvgIpc) is 2.45. The lowest BCUT2D eigenvalue weighted by atomic mass is 10.2. The zero-order chi connectivity index (χ0) is 14.4. The third-order valence-electron chi connectivity index (χ3n) is 2.73. The molecule has 0 fully saturated rings. The maximum absolute atomic E-state index is 11.6. The Kier molecular flexibility index (Phi) is 5.02. The van der Waals surface area contributed by atoms with Crippen LogP contribution in [-0.4, -0.2) is 12.6 Å². The Morgan fingerprint density at radius 1 is 1.15 bits per heavy atom. The maximum Gasteiger partial charge on any atom is 0.344 e. The van der Waals surface area contributed by atoms with Crippen molar-refractivity contribution in [3.05, 3.63) is 64.7 Å². The SMILES string of the molecule is Cc1cc(Cl)ccc1OCC(=O)OCc1ccccc1. The summed E-state index contributed by atoms with van der Waals surface area (Å²) in [6.07, 6.45) is 0. The number of esters is 1. The quantitative estimate of drug-likeness (QED) is 0.786. The van der Waals surface area contributed by atoms with Gasteiger partial charge in [-0.2, -0.15) is 0 Å².